The van der Waals surface area contributed by atoms with E-state index in [1.165, 1.54) is 19.4 Å². The molecule has 0 spiro atoms. The number of hydrogen-bond acceptors (Lipinski definition) is 3. The van der Waals surface area contributed by atoms with Gasteiger partial charge in [0.15, 0.2) is 5.96 Å². The number of hydrogen-bond donors (Lipinski definition) is 2. The molecule has 3 rings (SSSR count). The summed E-state index contributed by atoms with van der Waals surface area (Å²) in [6.45, 7) is 7.92. The van der Waals surface area contributed by atoms with Crippen LogP contribution in [-0.4, -0.2) is 46.3 Å². The van der Waals surface area contributed by atoms with Crippen LogP contribution in [0, 0.1) is 6.92 Å². The Morgan fingerprint density at radius 2 is 2.16 bits per heavy atom. The highest BCUT2D eigenvalue weighted by molar-refractivity contribution is 5.77. The number of aliphatic imine (C=N–C) groups is 1. The number of para-hydroxylation sites is 1. The summed E-state index contributed by atoms with van der Waals surface area (Å²) in [5.41, 5.74) is 9.16. The highest BCUT2D eigenvalue weighted by atomic mass is 15.3. The van der Waals surface area contributed by atoms with Crippen molar-refractivity contribution in [2.24, 2.45) is 10.7 Å². The molecule has 1 saturated heterocycles. The van der Waals surface area contributed by atoms with Crippen molar-refractivity contribution in [3.8, 4) is 5.69 Å². The van der Waals surface area contributed by atoms with Crippen LogP contribution >= 0.6 is 0 Å². The summed E-state index contributed by atoms with van der Waals surface area (Å²) in [6, 6.07) is 10.7. The Kier molecular flexibility index (Phi) is 5.71. The Hall–Kier alpha value is -2.34. The third kappa shape index (κ3) is 4.39. The SMILES string of the molecule is CCN1CCCC1CNC(N)=NCc1cn(-c2ccccc2)nc1C. The number of nitrogens with one attached hydrogen (secondary N) is 1. The first kappa shape index (κ1) is 17.5. The molecule has 2 aromatic rings. The van der Waals surface area contributed by atoms with Crippen LogP contribution in [0.1, 0.15) is 31.0 Å². The van der Waals surface area contributed by atoms with Gasteiger partial charge in [0.1, 0.15) is 0 Å². The predicted octanol–water partition coefficient (Wildman–Crippen LogP) is 2.07. The standard InChI is InChI=1S/C19H28N6/c1-3-24-11-7-10-18(24)13-22-19(20)21-12-16-14-25(23-15(16)2)17-8-5-4-6-9-17/h4-6,8-9,14,18H,3,7,10-13H2,1-2H3,(H3,20,21,22). The molecule has 0 radical (unpaired) electrons. The fraction of sp³-hybridized carbons (Fsp3) is 0.474. The minimum atomic E-state index is 0.509. The lowest BCUT2D eigenvalue weighted by Gasteiger charge is -2.23. The quantitative estimate of drug-likeness (QED) is 0.624. The van der Waals surface area contributed by atoms with Crippen molar-refractivity contribution in [2.45, 2.75) is 39.3 Å². The molecule has 0 bridgehead atoms. The maximum absolute atomic E-state index is 6.05. The van der Waals surface area contributed by atoms with Gasteiger partial charge < -0.3 is 11.1 Å². The van der Waals surface area contributed by atoms with E-state index in [2.05, 4.69) is 27.2 Å². The number of guanidine groups is 1. The van der Waals surface area contributed by atoms with Gasteiger partial charge in [0, 0.05) is 24.3 Å². The number of rotatable bonds is 6. The maximum atomic E-state index is 6.05. The average molecular weight is 340 g/mol. The summed E-state index contributed by atoms with van der Waals surface area (Å²) >= 11 is 0. The van der Waals surface area contributed by atoms with E-state index >= 15 is 0 Å². The Morgan fingerprint density at radius 1 is 1.36 bits per heavy atom. The van der Waals surface area contributed by atoms with Crippen LogP contribution < -0.4 is 11.1 Å². The number of aromatic nitrogens is 2. The minimum absolute atomic E-state index is 0.509. The molecule has 1 aliphatic rings. The van der Waals surface area contributed by atoms with E-state index in [1.54, 1.807) is 0 Å². The second-order valence-electron chi connectivity index (χ2n) is 6.53. The third-order valence-corrected chi connectivity index (χ3v) is 4.87. The molecule has 0 saturated carbocycles. The Labute approximate surface area is 149 Å². The Balaban J connectivity index is 1.57. The smallest absolute Gasteiger partial charge is 0.188 e. The van der Waals surface area contributed by atoms with Gasteiger partial charge in [-0.25, -0.2) is 9.67 Å². The first-order chi connectivity index (χ1) is 12.2. The van der Waals surface area contributed by atoms with Gasteiger partial charge in [0.2, 0.25) is 0 Å². The number of nitrogens with zero attached hydrogens (tertiary/aromatic N) is 4. The third-order valence-electron chi connectivity index (χ3n) is 4.87. The van der Waals surface area contributed by atoms with E-state index in [0.29, 0.717) is 18.5 Å². The van der Waals surface area contributed by atoms with Gasteiger partial charge in [-0.05, 0) is 45.0 Å². The fourth-order valence-electron chi connectivity index (χ4n) is 3.36. The van der Waals surface area contributed by atoms with Crippen molar-refractivity contribution in [3.05, 3.63) is 47.8 Å². The summed E-state index contributed by atoms with van der Waals surface area (Å²) in [7, 11) is 0. The second-order valence-corrected chi connectivity index (χ2v) is 6.53. The van der Waals surface area contributed by atoms with Gasteiger partial charge in [-0.15, -0.1) is 0 Å². The van der Waals surface area contributed by atoms with Crippen molar-refractivity contribution in [1.29, 1.82) is 0 Å². The maximum Gasteiger partial charge on any atom is 0.188 e. The van der Waals surface area contributed by atoms with Crippen LogP contribution in [0.15, 0.2) is 41.5 Å². The van der Waals surface area contributed by atoms with E-state index in [4.69, 9.17) is 5.73 Å². The Morgan fingerprint density at radius 3 is 2.92 bits per heavy atom. The van der Waals surface area contributed by atoms with E-state index in [-0.39, 0.29) is 0 Å². The van der Waals surface area contributed by atoms with Crippen LogP contribution in [0.2, 0.25) is 0 Å². The molecule has 6 nitrogen and oxygen atoms in total. The molecule has 6 heteroatoms. The van der Waals surface area contributed by atoms with Gasteiger partial charge in [-0.1, -0.05) is 25.1 Å². The lowest BCUT2D eigenvalue weighted by molar-refractivity contribution is 0.267. The Bertz CT molecular complexity index is 706. The topological polar surface area (TPSA) is 71.5 Å². The predicted molar refractivity (Wildman–Crippen MR) is 102 cm³/mol. The van der Waals surface area contributed by atoms with Crippen molar-refractivity contribution in [1.82, 2.24) is 20.0 Å². The highest BCUT2D eigenvalue weighted by Crippen LogP contribution is 2.15. The lowest BCUT2D eigenvalue weighted by atomic mass is 10.2. The zero-order valence-corrected chi connectivity index (χ0v) is 15.2. The van der Waals surface area contributed by atoms with Crippen LogP contribution in [0.25, 0.3) is 5.69 Å². The molecule has 2 heterocycles. The number of benzene rings is 1. The molecule has 1 atom stereocenters. The lowest BCUT2D eigenvalue weighted by Crippen LogP contribution is -2.42. The molecule has 0 amide bonds. The van der Waals surface area contributed by atoms with Crippen LogP contribution in [0.5, 0.6) is 0 Å². The van der Waals surface area contributed by atoms with Gasteiger partial charge in [0.05, 0.1) is 17.9 Å². The van der Waals surface area contributed by atoms with Crippen LogP contribution in [0.4, 0.5) is 0 Å². The molecule has 1 fully saturated rings. The first-order valence-corrected chi connectivity index (χ1v) is 9.05. The molecular formula is C19H28N6. The average Bonchev–Trinajstić information content (AvgIpc) is 3.25. The van der Waals surface area contributed by atoms with E-state index in [1.807, 2.05) is 48.1 Å². The largest absolute Gasteiger partial charge is 0.370 e. The summed E-state index contributed by atoms with van der Waals surface area (Å²) in [4.78, 5) is 6.98. The van der Waals surface area contributed by atoms with Crippen molar-refractivity contribution in [2.75, 3.05) is 19.6 Å². The summed E-state index contributed by atoms with van der Waals surface area (Å²) in [5, 5.41) is 7.84. The number of nitrogens with two attached hydrogens (primary N) is 1. The van der Waals surface area contributed by atoms with Crippen LogP contribution in [0.3, 0.4) is 0 Å². The molecular weight excluding hydrogens is 312 g/mol. The fourth-order valence-corrected chi connectivity index (χ4v) is 3.36. The molecule has 25 heavy (non-hydrogen) atoms. The molecule has 1 aromatic carbocycles. The summed E-state index contributed by atoms with van der Waals surface area (Å²) in [6.07, 6.45) is 4.53. The van der Waals surface area contributed by atoms with Gasteiger partial charge in [0.25, 0.3) is 0 Å². The van der Waals surface area contributed by atoms with Gasteiger partial charge in [-0.3, -0.25) is 4.90 Å². The summed E-state index contributed by atoms with van der Waals surface area (Å²) < 4.78 is 1.89. The molecule has 134 valence electrons. The van der Waals surface area contributed by atoms with Gasteiger partial charge >= 0.3 is 0 Å². The monoisotopic (exact) mass is 340 g/mol. The number of likely N-dealkylation sites (tertiary alicyclic amines) is 1. The van der Waals surface area contributed by atoms with Crippen molar-refractivity contribution >= 4 is 5.96 Å². The molecule has 1 unspecified atom stereocenters. The normalized spacial score (nSPS) is 18.6. The number of aryl methyl sites for hydroxylation is 1. The zero-order chi connectivity index (χ0) is 17.6. The van der Waals surface area contributed by atoms with Crippen LogP contribution in [-0.2, 0) is 6.54 Å². The van der Waals surface area contributed by atoms with E-state index < -0.39 is 0 Å². The van der Waals surface area contributed by atoms with Crippen molar-refractivity contribution in [3.63, 3.8) is 0 Å². The van der Waals surface area contributed by atoms with E-state index in [0.717, 1.165) is 30.0 Å². The minimum Gasteiger partial charge on any atom is -0.370 e. The van der Waals surface area contributed by atoms with Gasteiger partial charge in [-0.2, -0.15) is 5.10 Å². The number of likely N-dealkylation sites (N-methyl/N-ethyl adjacent to an activating group) is 1. The molecule has 0 aliphatic carbocycles. The first-order valence-electron chi connectivity index (χ1n) is 9.05. The highest BCUT2D eigenvalue weighted by Gasteiger charge is 2.22. The molecule has 3 N–H and O–H groups in total. The van der Waals surface area contributed by atoms with E-state index in [9.17, 15) is 0 Å². The molecule has 1 aliphatic heterocycles. The second kappa shape index (κ2) is 8.16. The van der Waals surface area contributed by atoms with Crippen molar-refractivity contribution < 1.29 is 0 Å². The molecule has 1 aromatic heterocycles. The zero-order valence-electron chi connectivity index (χ0n) is 15.2. The summed E-state index contributed by atoms with van der Waals surface area (Å²) in [5.74, 6) is 0.509.